The van der Waals surface area contributed by atoms with Crippen molar-refractivity contribution in [1.29, 1.82) is 0 Å². The van der Waals surface area contributed by atoms with Crippen LogP contribution in [0.5, 0.6) is 11.5 Å². The molecule has 4 rings (SSSR count). The first-order valence-corrected chi connectivity index (χ1v) is 12.0. The van der Waals surface area contributed by atoms with E-state index >= 15 is 0 Å². The summed E-state index contributed by atoms with van der Waals surface area (Å²) in [4.78, 5) is 51.0. The lowest BCUT2D eigenvalue weighted by Gasteiger charge is -2.08. The Kier molecular flexibility index (Phi) is 6.67. The van der Waals surface area contributed by atoms with Crippen molar-refractivity contribution in [3.05, 3.63) is 78.7 Å². The quantitative estimate of drug-likeness (QED) is 0.258. The van der Waals surface area contributed by atoms with E-state index in [4.69, 9.17) is 9.47 Å². The molecule has 0 radical (unpaired) electrons. The highest BCUT2D eigenvalue weighted by atomic mass is 32.1. The van der Waals surface area contributed by atoms with Crippen molar-refractivity contribution in [1.82, 2.24) is 0 Å². The summed E-state index contributed by atoms with van der Waals surface area (Å²) in [6.07, 6.45) is -0.558. The zero-order chi connectivity index (χ0) is 23.5. The van der Waals surface area contributed by atoms with Gasteiger partial charge in [0.1, 0.15) is 11.5 Å². The number of hydrogen-bond donors (Lipinski definition) is 0. The number of carbonyl (C=O) groups excluding carboxylic acids is 2. The van der Waals surface area contributed by atoms with Gasteiger partial charge in [-0.05, 0) is 48.9 Å². The van der Waals surface area contributed by atoms with Crippen LogP contribution in [0.1, 0.15) is 41.0 Å². The molecule has 0 saturated heterocycles. The van der Waals surface area contributed by atoms with Gasteiger partial charge in [-0.1, -0.05) is 46.9 Å². The molecule has 0 amide bonds. The van der Waals surface area contributed by atoms with E-state index in [1.165, 1.54) is 12.1 Å². The van der Waals surface area contributed by atoms with Crippen LogP contribution in [-0.4, -0.2) is 24.8 Å². The molecule has 0 aliphatic carbocycles. The fourth-order valence-electron chi connectivity index (χ4n) is 3.50. The number of rotatable bonds is 8. The summed E-state index contributed by atoms with van der Waals surface area (Å²) in [5.41, 5.74) is -0.130. The van der Waals surface area contributed by atoms with Gasteiger partial charge in [-0.25, -0.2) is 0 Å². The highest BCUT2D eigenvalue weighted by Crippen LogP contribution is 2.30. The molecule has 6 nitrogen and oxygen atoms in total. The minimum absolute atomic E-state index is 0.0648. The van der Waals surface area contributed by atoms with E-state index in [1.54, 1.807) is 36.4 Å². The summed E-state index contributed by atoms with van der Waals surface area (Å²) < 4.78 is 11.5. The number of carbonyl (C=O) groups is 2. The van der Waals surface area contributed by atoms with Crippen molar-refractivity contribution in [3.63, 3.8) is 0 Å². The molecular weight excluding hydrogens is 460 g/mol. The third-order valence-corrected chi connectivity index (χ3v) is 7.06. The Bertz CT molecular complexity index is 1390. The molecule has 8 heteroatoms. The predicted molar refractivity (Wildman–Crippen MR) is 132 cm³/mol. The van der Waals surface area contributed by atoms with Crippen LogP contribution in [-0.2, 0) is 0 Å². The smallest absolute Gasteiger partial charge is 0.243 e. The van der Waals surface area contributed by atoms with Crippen LogP contribution in [0.25, 0.3) is 20.2 Å². The van der Waals surface area contributed by atoms with Gasteiger partial charge in [-0.15, -0.1) is 0 Å². The predicted octanol–water partition coefficient (Wildman–Crippen LogP) is 5.09. The molecule has 33 heavy (non-hydrogen) atoms. The molecule has 2 aromatic carbocycles. The van der Waals surface area contributed by atoms with Crippen LogP contribution in [0.2, 0.25) is 0 Å². The van der Waals surface area contributed by atoms with E-state index in [-0.39, 0.29) is 11.1 Å². The Morgan fingerprint density at radius 3 is 1.55 bits per heavy atom. The first kappa shape index (κ1) is 22.8. The van der Waals surface area contributed by atoms with E-state index in [1.807, 2.05) is 13.8 Å². The first-order valence-electron chi connectivity index (χ1n) is 10.4. The molecule has 0 fully saturated rings. The van der Waals surface area contributed by atoms with E-state index in [2.05, 4.69) is 0 Å². The zero-order valence-electron chi connectivity index (χ0n) is 18.0. The molecule has 0 bridgehead atoms. The van der Waals surface area contributed by atoms with Crippen molar-refractivity contribution in [3.8, 4) is 11.5 Å². The molecule has 0 atom stereocenters. The number of benzene rings is 2. The zero-order valence-corrected chi connectivity index (χ0v) is 19.6. The molecule has 2 heterocycles. The maximum absolute atomic E-state index is 12.9. The summed E-state index contributed by atoms with van der Waals surface area (Å²) in [6.45, 7) is 4.60. The Morgan fingerprint density at radius 2 is 1.15 bits per heavy atom. The Labute approximate surface area is 197 Å². The summed E-state index contributed by atoms with van der Waals surface area (Å²) in [7, 11) is 0. The lowest BCUT2D eigenvalue weighted by molar-refractivity contribution is 0.0893. The number of Topliss-reactive ketones (excluding diaryl/α,β-unsaturated/α-hetero) is 2. The fourth-order valence-corrected chi connectivity index (χ4v) is 5.38. The van der Waals surface area contributed by atoms with Crippen LogP contribution in [0.3, 0.4) is 0 Å². The third-order valence-electron chi connectivity index (χ3n) is 4.97. The van der Waals surface area contributed by atoms with Crippen molar-refractivity contribution < 1.29 is 19.1 Å². The average Bonchev–Trinajstić information content (AvgIpc) is 2.79. The van der Waals surface area contributed by atoms with E-state index in [0.717, 1.165) is 22.7 Å². The number of ketones is 2. The molecular formula is C25H20O6S2. The van der Waals surface area contributed by atoms with Gasteiger partial charge >= 0.3 is 0 Å². The van der Waals surface area contributed by atoms with Crippen LogP contribution in [0, 0.1) is 0 Å². The number of ether oxygens (including phenoxy) is 2. The lowest BCUT2D eigenvalue weighted by atomic mass is 10.0. The minimum Gasteiger partial charge on any atom is -0.492 e. The normalized spacial score (nSPS) is 11.0. The summed E-state index contributed by atoms with van der Waals surface area (Å²) in [6, 6.07) is 13.6. The second-order valence-electron chi connectivity index (χ2n) is 7.13. The van der Waals surface area contributed by atoms with Gasteiger partial charge in [0.2, 0.25) is 9.48 Å². The highest BCUT2D eigenvalue weighted by molar-refractivity contribution is 7.17. The molecule has 0 N–H and O–H groups in total. The third kappa shape index (κ3) is 4.58. The maximum Gasteiger partial charge on any atom is 0.243 e. The summed E-state index contributed by atoms with van der Waals surface area (Å²) in [5, 5.41) is 1.37. The molecule has 0 spiro atoms. The second-order valence-corrected chi connectivity index (χ2v) is 9.10. The van der Waals surface area contributed by atoms with Crippen molar-refractivity contribution in [2.75, 3.05) is 13.2 Å². The molecule has 0 unspecified atom stereocenters. The van der Waals surface area contributed by atoms with Crippen molar-refractivity contribution in [2.45, 2.75) is 20.3 Å². The van der Waals surface area contributed by atoms with Crippen LogP contribution < -0.4 is 19.0 Å². The molecule has 0 aliphatic rings. The molecule has 0 aliphatic heterocycles. The van der Waals surface area contributed by atoms with E-state index in [9.17, 15) is 19.2 Å². The van der Waals surface area contributed by atoms with Gasteiger partial charge in [-0.3, -0.25) is 19.2 Å². The number of hydrogen-bond acceptors (Lipinski definition) is 8. The maximum atomic E-state index is 12.9. The SMILES string of the molecule is CCOc1cccc2cc(C(=O)CC(=O)c3cc4cccc(OCC)c4sc3=O)c(=O)sc12. The number of fused-ring (bicyclic) bond motifs is 2. The minimum atomic E-state index is -0.613. The van der Waals surface area contributed by atoms with Gasteiger partial charge in [0, 0.05) is 0 Å². The van der Waals surface area contributed by atoms with Gasteiger partial charge in [0.25, 0.3) is 0 Å². The topological polar surface area (TPSA) is 86.7 Å². The monoisotopic (exact) mass is 480 g/mol. The second kappa shape index (κ2) is 9.64. The van der Waals surface area contributed by atoms with E-state index < -0.39 is 27.5 Å². The Morgan fingerprint density at radius 1 is 0.727 bits per heavy atom. The van der Waals surface area contributed by atoms with Gasteiger partial charge < -0.3 is 9.47 Å². The van der Waals surface area contributed by atoms with Crippen LogP contribution >= 0.6 is 22.7 Å². The molecule has 4 aromatic rings. The molecule has 2 aromatic heterocycles. The fraction of sp³-hybridized carbons (Fsp3) is 0.200. The standard InChI is InChI=1S/C25H20O6S2/c1-3-30-20-9-5-7-14-11-16(24(28)32-22(14)20)18(26)13-19(27)17-12-15-8-6-10-21(31-4-2)23(15)33-25(17)29/h5-12H,3-4,13H2,1-2H3. The molecule has 168 valence electrons. The van der Waals surface area contributed by atoms with Crippen molar-refractivity contribution in [2.24, 2.45) is 0 Å². The van der Waals surface area contributed by atoms with Gasteiger partial charge in [-0.2, -0.15) is 0 Å². The van der Waals surface area contributed by atoms with Crippen molar-refractivity contribution >= 4 is 54.4 Å². The van der Waals surface area contributed by atoms with E-state index in [0.29, 0.717) is 44.9 Å². The first-order chi connectivity index (χ1) is 15.9. The van der Waals surface area contributed by atoms with Crippen LogP contribution in [0.4, 0.5) is 0 Å². The van der Waals surface area contributed by atoms with Gasteiger partial charge in [0.15, 0.2) is 11.6 Å². The Balaban J connectivity index is 1.66. The highest BCUT2D eigenvalue weighted by Gasteiger charge is 2.21. The van der Waals surface area contributed by atoms with Crippen LogP contribution in [0.15, 0.2) is 58.1 Å². The lowest BCUT2D eigenvalue weighted by Crippen LogP contribution is -2.19. The largest absolute Gasteiger partial charge is 0.492 e. The van der Waals surface area contributed by atoms with Gasteiger partial charge in [0.05, 0.1) is 40.2 Å². The average molecular weight is 481 g/mol. The molecule has 0 saturated carbocycles. The summed E-state index contributed by atoms with van der Waals surface area (Å²) >= 11 is 1.82. The summed E-state index contributed by atoms with van der Waals surface area (Å²) in [5.74, 6) is -0.0745. The Hall–Kier alpha value is -3.36.